The van der Waals surface area contributed by atoms with Gasteiger partial charge in [0, 0.05) is 17.1 Å². The minimum Gasteiger partial charge on any atom is -0.497 e. The third kappa shape index (κ3) is 3.86. The standard InChI is InChI=1S/C24H28N4O3S2/c1-5-6-11-32-24-26-25-23-27(15-7-9-16(30-4)10-8-15)21(29)20-17-12-18(14(2)3)31-13-19(17)33-22(20)28(23)24/h7-10,14,18H,5-6,11-13H2,1-4H3/t18-/m1/s1. The zero-order valence-corrected chi connectivity index (χ0v) is 21.0. The third-order valence-corrected chi connectivity index (χ3v) is 8.35. The second kappa shape index (κ2) is 9.12. The van der Waals surface area contributed by atoms with Crippen LogP contribution in [0.1, 0.15) is 44.1 Å². The van der Waals surface area contributed by atoms with Gasteiger partial charge >= 0.3 is 0 Å². The zero-order valence-electron chi connectivity index (χ0n) is 19.3. The van der Waals surface area contributed by atoms with Gasteiger partial charge in [0.2, 0.25) is 5.78 Å². The molecule has 9 heteroatoms. The molecule has 1 aromatic carbocycles. The van der Waals surface area contributed by atoms with Crippen LogP contribution in [-0.2, 0) is 17.8 Å². The first-order chi connectivity index (χ1) is 16.0. The Morgan fingerprint density at radius 2 is 2.06 bits per heavy atom. The van der Waals surface area contributed by atoms with Gasteiger partial charge in [-0.1, -0.05) is 39.0 Å². The third-order valence-electron chi connectivity index (χ3n) is 6.15. The summed E-state index contributed by atoms with van der Waals surface area (Å²) in [6.45, 7) is 7.06. The monoisotopic (exact) mass is 484 g/mol. The first-order valence-corrected chi connectivity index (χ1v) is 13.2. The number of hydrogen-bond donors (Lipinski definition) is 0. The van der Waals surface area contributed by atoms with E-state index in [1.807, 2.05) is 24.3 Å². The predicted molar refractivity (Wildman–Crippen MR) is 133 cm³/mol. The van der Waals surface area contributed by atoms with Crippen LogP contribution in [-0.4, -0.2) is 38.1 Å². The Morgan fingerprint density at radius 3 is 2.76 bits per heavy atom. The highest BCUT2D eigenvalue weighted by molar-refractivity contribution is 7.99. The van der Waals surface area contributed by atoms with Crippen LogP contribution in [0.4, 0.5) is 0 Å². The molecule has 0 saturated carbocycles. The molecule has 0 fully saturated rings. The van der Waals surface area contributed by atoms with Crippen LogP contribution in [0.25, 0.3) is 21.7 Å². The number of methoxy groups -OCH3 is 1. The van der Waals surface area contributed by atoms with E-state index in [1.54, 1.807) is 34.8 Å². The Morgan fingerprint density at radius 1 is 1.27 bits per heavy atom. The number of nitrogens with zero attached hydrogens (tertiary/aromatic N) is 4. The fourth-order valence-corrected chi connectivity index (χ4v) is 6.55. The summed E-state index contributed by atoms with van der Waals surface area (Å²) >= 11 is 3.33. The largest absolute Gasteiger partial charge is 0.497 e. The van der Waals surface area contributed by atoms with E-state index in [0.717, 1.165) is 62.3 Å². The number of hydrogen-bond acceptors (Lipinski definition) is 7. The average Bonchev–Trinajstić information content (AvgIpc) is 3.41. The van der Waals surface area contributed by atoms with E-state index in [2.05, 4.69) is 35.4 Å². The van der Waals surface area contributed by atoms with Gasteiger partial charge in [-0.25, -0.2) is 8.97 Å². The van der Waals surface area contributed by atoms with E-state index in [-0.39, 0.29) is 11.7 Å². The molecule has 174 valence electrons. The molecular formula is C24H28N4O3S2. The molecule has 0 amide bonds. The van der Waals surface area contributed by atoms with Crippen LogP contribution in [0.3, 0.4) is 0 Å². The number of benzene rings is 1. The summed E-state index contributed by atoms with van der Waals surface area (Å²) < 4.78 is 15.2. The van der Waals surface area contributed by atoms with Crippen LogP contribution in [0.5, 0.6) is 5.75 Å². The van der Waals surface area contributed by atoms with E-state index in [9.17, 15) is 4.79 Å². The molecule has 0 saturated heterocycles. The fraction of sp³-hybridized carbons (Fsp3) is 0.458. The summed E-state index contributed by atoms with van der Waals surface area (Å²) in [5.74, 6) is 2.63. The molecule has 4 heterocycles. The van der Waals surface area contributed by atoms with Gasteiger partial charge in [0.15, 0.2) is 5.16 Å². The Balaban J connectivity index is 1.79. The molecule has 0 radical (unpaired) electrons. The van der Waals surface area contributed by atoms with Gasteiger partial charge in [0.1, 0.15) is 10.6 Å². The van der Waals surface area contributed by atoms with Crippen LogP contribution in [0, 0.1) is 5.92 Å². The molecule has 1 aliphatic rings. The molecule has 0 N–H and O–H groups in total. The van der Waals surface area contributed by atoms with E-state index in [0.29, 0.717) is 18.3 Å². The number of unbranched alkanes of at least 4 members (excludes halogenated alkanes) is 1. The highest BCUT2D eigenvalue weighted by Gasteiger charge is 2.30. The highest BCUT2D eigenvalue weighted by Crippen LogP contribution is 2.37. The Bertz CT molecular complexity index is 1350. The van der Waals surface area contributed by atoms with Gasteiger partial charge in [-0.05, 0) is 42.2 Å². The van der Waals surface area contributed by atoms with Crippen LogP contribution >= 0.6 is 23.1 Å². The highest BCUT2D eigenvalue weighted by atomic mass is 32.2. The Labute approximate surface area is 200 Å². The van der Waals surface area contributed by atoms with Crippen molar-refractivity contribution in [2.75, 3.05) is 12.9 Å². The molecular weight excluding hydrogens is 456 g/mol. The molecule has 33 heavy (non-hydrogen) atoms. The van der Waals surface area contributed by atoms with Crippen LogP contribution in [0.15, 0.2) is 34.2 Å². The first kappa shape index (κ1) is 22.4. The van der Waals surface area contributed by atoms with Crippen molar-refractivity contribution in [1.29, 1.82) is 0 Å². The lowest BCUT2D eigenvalue weighted by Gasteiger charge is -2.26. The summed E-state index contributed by atoms with van der Waals surface area (Å²) in [6, 6.07) is 7.51. The van der Waals surface area contributed by atoms with Gasteiger partial charge < -0.3 is 9.47 Å². The maximum atomic E-state index is 14.0. The van der Waals surface area contributed by atoms with E-state index < -0.39 is 0 Å². The van der Waals surface area contributed by atoms with Crippen molar-refractivity contribution >= 4 is 39.1 Å². The second-order valence-corrected chi connectivity index (χ2v) is 10.8. The number of rotatable bonds is 7. The quantitative estimate of drug-likeness (QED) is 0.269. The molecule has 1 aliphatic heterocycles. The van der Waals surface area contributed by atoms with Crippen molar-refractivity contribution in [2.24, 2.45) is 5.92 Å². The molecule has 5 rings (SSSR count). The SMILES string of the molecule is CCCCSc1nnc2n(-c3ccc(OC)cc3)c(=O)c3c4c(sc3n12)CO[C@@H](C(C)C)C4. The molecule has 7 nitrogen and oxygen atoms in total. The second-order valence-electron chi connectivity index (χ2n) is 8.64. The maximum Gasteiger partial charge on any atom is 0.268 e. The number of ether oxygens (including phenoxy) is 2. The van der Waals surface area contributed by atoms with Gasteiger partial charge in [-0.3, -0.25) is 4.79 Å². The molecule has 4 aromatic rings. The lowest BCUT2D eigenvalue weighted by molar-refractivity contribution is 0.00200. The van der Waals surface area contributed by atoms with Crippen molar-refractivity contribution in [3.05, 3.63) is 45.1 Å². The molecule has 1 atom stereocenters. The normalized spacial score (nSPS) is 16.1. The zero-order chi connectivity index (χ0) is 23.1. The molecule has 0 spiro atoms. The topological polar surface area (TPSA) is 70.7 Å². The smallest absolute Gasteiger partial charge is 0.268 e. The Kier molecular flexibility index (Phi) is 6.20. The summed E-state index contributed by atoms with van der Waals surface area (Å²) in [7, 11) is 1.63. The van der Waals surface area contributed by atoms with E-state index >= 15 is 0 Å². The van der Waals surface area contributed by atoms with Crippen molar-refractivity contribution in [2.45, 2.75) is 57.9 Å². The van der Waals surface area contributed by atoms with Gasteiger partial charge in [-0.2, -0.15) is 0 Å². The molecule has 0 unspecified atom stereocenters. The number of fused-ring (bicyclic) bond motifs is 5. The van der Waals surface area contributed by atoms with Crippen molar-refractivity contribution in [3.8, 4) is 11.4 Å². The summed E-state index contributed by atoms with van der Waals surface area (Å²) in [4.78, 5) is 16.0. The maximum absolute atomic E-state index is 14.0. The predicted octanol–water partition coefficient (Wildman–Crippen LogP) is 5.09. The summed E-state index contributed by atoms with van der Waals surface area (Å²) in [5, 5.41) is 10.6. The lowest BCUT2D eigenvalue weighted by Crippen LogP contribution is -2.28. The number of aromatic nitrogens is 4. The van der Waals surface area contributed by atoms with Crippen molar-refractivity contribution < 1.29 is 9.47 Å². The van der Waals surface area contributed by atoms with E-state index in [4.69, 9.17) is 9.47 Å². The van der Waals surface area contributed by atoms with Crippen LogP contribution < -0.4 is 10.3 Å². The van der Waals surface area contributed by atoms with Gasteiger partial charge in [0.25, 0.3) is 5.56 Å². The first-order valence-electron chi connectivity index (χ1n) is 11.4. The van der Waals surface area contributed by atoms with Crippen LogP contribution in [0.2, 0.25) is 0 Å². The fourth-order valence-electron chi connectivity index (χ4n) is 4.23. The molecule has 0 bridgehead atoms. The molecule has 0 aliphatic carbocycles. The Hall–Kier alpha value is -2.36. The number of thioether (sulfide) groups is 1. The number of thiophene rings is 1. The summed E-state index contributed by atoms with van der Waals surface area (Å²) in [6.07, 6.45) is 3.08. The van der Waals surface area contributed by atoms with Crippen molar-refractivity contribution in [3.63, 3.8) is 0 Å². The van der Waals surface area contributed by atoms with Gasteiger partial charge in [-0.15, -0.1) is 21.5 Å². The van der Waals surface area contributed by atoms with Gasteiger partial charge in [0.05, 0.1) is 30.9 Å². The molecule has 3 aromatic heterocycles. The minimum absolute atomic E-state index is 0.0536. The average molecular weight is 485 g/mol. The van der Waals surface area contributed by atoms with Crippen molar-refractivity contribution in [1.82, 2.24) is 19.2 Å². The van der Waals surface area contributed by atoms with E-state index in [1.165, 1.54) is 0 Å². The minimum atomic E-state index is -0.0536. The lowest BCUT2D eigenvalue weighted by atomic mass is 9.96. The summed E-state index contributed by atoms with van der Waals surface area (Å²) in [5.41, 5.74) is 1.81.